The highest BCUT2D eigenvalue weighted by molar-refractivity contribution is 5.92. The van der Waals surface area contributed by atoms with Gasteiger partial charge < -0.3 is 25.0 Å². The van der Waals surface area contributed by atoms with Crippen LogP contribution in [0.5, 0.6) is 6.01 Å². The van der Waals surface area contributed by atoms with Crippen molar-refractivity contribution in [3.05, 3.63) is 78.4 Å². The molecule has 1 saturated carbocycles. The summed E-state index contributed by atoms with van der Waals surface area (Å²) in [7, 11) is 1.53. The lowest BCUT2D eigenvalue weighted by molar-refractivity contribution is 0.0209. The number of nitrogens with one attached hydrogen (secondary N) is 2. The van der Waals surface area contributed by atoms with Crippen molar-refractivity contribution < 1.29 is 14.3 Å². The summed E-state index contributed by atoms with van der Waals surface area (Å²) in [4.78, 5) is 40.4. The first-order valence-corrected chi connectivity index (χ1v) is 15.9. The molecule has 0 bridgehead atoms. The summed E-state index contributed by atoms with van der Waals surface area (Å²) in [6, 6.07) is 16.8. The summed E-state index contributed by atoms with van der Waals surface area (Å²) in [6.07, 6.45) is 10.8. The largest absolute Gasteiger partial charge is 0.467 e. The van der Waals surface area contributed by atoms with Crippen LogP contribution in [0.1, 0.15) is 49.3 Å². The summed E-state index contributed by atoms with van der Waals surface area (Å²) in [5, 5.41) is 16.3. The minimum Gasteiger partial charge on any atom is -0.467 e. The van der Waals surface area contributed by atoms with Crippen molar-refractivity contribution in [1.29, 1.82) is 5.26 Å². The van der Waals surface area contributed by atoms with E-state index in [1.54, 1.807) is 24.8 Å². The number of hydrogen-bond donors (Lipinski definition) is 2. The number of carbonyl (C=O) groups is 1. The maximum atomic E-state index is 14.3. The predicted octanol–water partition coefficient (Wildman–Crippen LogP) is 4.82. The molecule has 4 aromatic rings. The molecular formula is C34H36N10O3. The smallest absolute Gasteiger partial charge is 0.326 e. The molecule has 0 radical (unpaired) electrons. The molecule has 5 heterocycles. The molecule has 1 aliphatic carbocycles. The number of benzene rings is 1. The lowest BCUT2D eigenvalue weighted by atomic mass is 9.89. The van der Waals surface area contributed by atoms with Gasteiger partial charge in [0.15, 0.2) is 0 Å². The van der Waals surface area contributed by atoms with Crippen molar-refractivity contribution in [3.63, 3.8) is 0 Å². The zero-order chi connectivity index (χ0) is 32.2. The molecule has 1 unspecified atom stereocenters. The monoisotopic (exact) mass is 632 g/mol. The van der Waals surface area contributed by atoms with Crippen molar-refractivity contribution in [2.75, 3.05) is 42.4 Å². The molecule has 47 heavy (non-hydrogen) atoms. The Balaban J connectivity index is 1.08. The molecule has 2 amide bonds. The van der Waals surface area contributed by atoms with Gasteiger partial charge in [-0.25, -0.2) is 24.7 Å². The molecule has 7 rings (SSSR count). The van der Waals surface area contributed by atoms with E-state index in [-0.39, 0.29) is 30.2 Å². The molecule has 2 saturated heterocycles. The normalized spacial score (nSPS) is 20.7. The Kier molecular flexibility index (Phi) is 8.75. The molecule has 1 atom stereocenters. The van der Waals surface area contributed by atoms with Crippen LogP contribution in [0.2, 0.25) is 0 Å². The Morgan fingerprint density at radius 1 is 0.915 bits per heavy atom. The number of anilines is 3. The van der Waals surface area contributed by atoms with E-state index < -0.39 is 0 Å². The standard InChI is InChI=1S/C34H36N10O3/c1-46-33-38-18-25(19-39-33)23-7-12-30(36-16-23)44(34(45)43-14-13-29(43)22-5-3-2-4-6-22)28-10-8-26(9-11-28)41-32-37-17-24(15-35)31(42-32)40-27-20-47-21-27/h2-7,12,16-19,26-29H,8-11,13-14,20-21H2,1H3,(H2,37,40,41,42). The van der Waals surface area contributed by atoms with Crippen LogP contribution >= 0.6 is 0 Å². The van der Waals surface area contributed by atoms with Crippen LogP contribution in [0.4, 0.5) is 22.4 Å². The third-order valence-corrected chi connectivity index (χ3v) is 9.08. The molecule has 3 fully saturated rings. The minimum absolute atomic E-state index is 0.0272. The van der Waals surface area contributed by atoms with Crippen molar-refractivity contribution >= 4 is 23.6 Å². The fourth-order valence-electron chi connectivity index (χ4n) is 6.30. The van der Waals surface area contributed by atoms with Crippen molar-refractivity contribution in [3.8, 4) is 23.2 Å². The van der Waals surface area contributed by atoms with Gasteiger partial charge in [0.05, 0.1) is 38.6 Å². The van der Waals surface area contributed by atoms with Gasteiger partial charge in [-0.05, 0) is 49.8 Å². The maximum Gasteiger partial charge on any atom is 0.326 e. The number of pyridine rings is 1. The van der Waals surface area contributed by atoms with Crippen molar-refractivity contribution in [2.45, 2.75) is 56.3 Å². The first kappa shape index (κ1) is 30.3. The molecule has 3 aromatic heterocycles. The van der Waals surface area contributed by atoms with E-state index in [4.69, 9.17) is 14.5 Å². The number of rotatable bonds is 9. The van der Waals surface area contributed by atoms with Gasteiger partial charge in [-0.2, -0.15) is 10.2 Å². The van der Waals surface area contributed by atoms with Gasteiger partial charge in [0.1, 0.15) is 23.3 Å². The zero-order valence-electron chi connectivity index (χ0n) is 26.1. The van der Waals surface area contributed by atoms with Crippen LogP contribution in [0.3, 0.4) is 0 Å². The Morgan fingerprint density at radius 2 is 1.68 bits per heavy atom. The highest BCUT2D eigenvalue weighted by atomic mass is 16.5. The number of nitriles is 1. The van der Waals surface area contributed by atoms with Crippen LogP contribution in [-0.4, -0.2) is 80.8 Å². The van der Waals surface area contributed by atoms with Crippen molar-refractivity contribution in [1.82, 2.24) is 29.8 Å². The fraction of sp³-hybridized carbons (Fsp3) is 0.382. The molecule has 13 nitrogen and oxygen atoms in total. The number of aromatic nitrogens is 5. The second-order valence-corrected chi connectivity index (χ2v) is 12.0. The average Bonchev–Trinajstić information content (AvgIpc) is 3.08. The van der Waals surface area contributed by atoms with E-state index >= 15 is 0 Å². The summed E-state index contributed by atoms with van der Waals surface area (Å²) in [5.41, 5.74) is 3.21. The van der Waals surface area contributed by atoms with Crippen LogP contribution in [0.25, 0.3) is 11.1 Å². The van der Waals surface area contributed by atoms with Gasteiger partial charge in [-0.1, -0.05) is 30.3 Å². The van der Waals surface area contributed by atoms with E-state index in [9.17, 15) is 10.1 Å². The molecule has 2 N–H and O–H groups in total. The van der Waals surface area contributed by atoms with E-state index in [0.29, 0.717) is 48.9 Å². The molecule has 240 valence electrons. The lowest BCUT2D eigenvalue weighted by Gasteiger charge is -2.46. The average molecular weight is 633 g/mol. The number of likely N-dealkylation sites (tertiary alicyclic amines) is 1. The number of amides is 2. The van der Waals surface area contributed by atoms with Gasteiger partial charge in [0.25, 0.3) is 0 Å². The minimum atomic E-state index is -0.0297. The fourth-order valence-corrected chi connectivity index (χ4v) is 6.30. The zero-order valence-corrected chi connectivity index (χ0v) is 26.1. The van der Waals surface area contributed by atoms with Gasteiger partial charge in [0, 0.05) is 48.3 Å². The Morgan fingerprint density at radius 3 is 2.30 bits per heavy atom. The van der Waals surface area contributed by atoms with Gasteiger partial charge in [-0.15, -0.1) is 0 Å². The van der Waals surface area contributed by atoms with Crippen molar-refractivity contribution in [2.24, 2.45) is 0 Å². The summed E-state index contributed by atoms with van der Waals surface area (Å²) >= 11 is 0. The number of hydrogen-bond acceptors (Lipinski definition) is 11. The van der Waals surface area contributed by atoms with Crippen LogP contribution in [0.15, 0.2) is 67.3 Å². The molecule has 13 heteroatoms. The van der Waals surface area contributed by atoms with E-state index in [2.05, 4.69) is 48.8 Å². The highest BCUT2D eigenvalue weighted by Crippen LogP contribution is 2.37. The number of nitrogens with zero attached hydrogens (tertiary/aromatic N) is 8. The van der Waals surface area contributed by atoms with Crippen LogP contribution in [0, 0.1) is 11.3 Å². The third-order valence-electron chi connectivity index (χ3n) is 9.08. The topological polar surface area (TPSA) is 154 Å². The lowest BCUT2D eigenvalue weighted by Crippen LogP contribution is -2.55. The molecule has 1 aromatic carbocycles. The number of ether oxygens (including phenoxy) is 2. The third kappa shape index (κ3) is 6.50. The number of urea groups is 1. The predicted molar refractivity (Wildman–Crippen MR) is 175 cm³/mol. The SMILES string of the molecule is COc1ncc(-c2ccc(N(C(=O)N3CCC3c3ccccc3)C3CCC(Nc4ncc(C#N)c(NC5COC5)n4)CC3)nc2)cn1. The second-order valence-electron chi connectivity index (χ2n) is 12.0. The quantitative estimate of drug-likeness (QED) is 0.261. The summed E-state index contributed by atoms with van der Waals surface area (Å²) in [6.45, 7) is 1.88. The highest BCUT2D eigenvalue weighted by Gasteiger charge is 2.40. The molecule has 2 aliphatic heterocycles. The molecule has 3 aliphatic rings. The van der Waals surface area contributed by atoms with Gasteiger partial charge in [-0.3, -0.25) is 4.90 Å². The Labute approximate surface area is 273 Å². The molecule has 0 spiro atoms. The van der Waals surface area contributed by atoms with Crippen LogP contribution in [-0.2, 0) is 4.74 Å². The Hall–Kier alpha value is -5.35. The maximum absolute atomic E-state index is 14.3. The second kappa shape index (κ2) is 13.6. The summed E-state index contributed by atoms with van der Waals surface area (Å²) in [5.74, 6) is 1.62. The van der Waals surface area contributed by atoms with Crippen LogP contribution < -0.4 is 20.3 Å². The molecular weight excluding hydrogens is 596 g/mol. The number of methoxy groups -OCH3 is 1. The number of carbonyl (C=O) groups excluding carboxylic acids is 1. The summed E-state index contributed by atoms with van der Waals surface area (Å²) < 4.78 is 10.3. The van der Waals surface area contributed by atoms with Gasteiger partial charge in [0.2, 0.25) is 5.95 Å². The van der Waals surface area contributed by atoms with E-state index in [1.165, 1.54) is 7.11 Å². The first-order valence-electron chi connectivity index (χ1n) is 15.9. The Bertz CT molecular complexity index is 1720. The first-order chi connectivity index (χ1) is 23.1. The van der Waals surface area contributed by atoms with E-state index in [0.717, 1.165) is 48.8 Å². The van der Waals surface area contributed by atoms with Gasteiger partial charge >= 0.3 is 12.0 Å². The van der Waals surface area contributed by atoms with E-state index in [1.807, 2.05) is 40.1 Å².